The fraction of sp³-hybridized carbons (Fsp3) is 0.833. The summed E-state index contributed by atoms with van der Waals surface area (Å²) in [6.07, 6.45) is 0. The third-order valence-electron chi connectivity index (χ3n) is 0.977. The summed E-state index contributed by atoms with van der Waals surface area (Å²) in [5, 5.41) is 8.43. The molecule has 0 aliphatic heterocycles. The summed E-state index contributed by atoms with van der Waals surface area (Å²) < 4.78 is 1.62. The summed E-state index contributed by atoms with van der Waals surface area (Å²) in [6.45, 7) is 4.24. The number of rotatable bonds is 4. The SMILES string of the molecule is CCN(SCCO)C(C)=O. The van der Waals surface area contributed by atoms with Crippen molar-refractivity contribution in [1.82, 2.24) is 4.31 Å². The molecule has 0 aromatic carbocycles. The van der Waals surface area contributed by atoms with E-state index in [4.69, 9.17) is 5.11 Å². The van der Waals surface area contributed by atoms with Gasteiger partial charge in [-0.3, -0.25) is 9.10 Å². The Bertz CT molecular complexity index is 108. The topological polar surface area (TPSA) is 40.5 Å². The van der Waals surface area contributed by atoms with Gasteiger partial charge in [-0.15, -0.1) is 0 Å². The molecule has 0 aliphatic rings. The molecule has 0 unspecified atom stereocenters. The van der Waals surface area contributed by atoms with E-state index in [1.165, 1.54) is 18.9 Å². The van der Waals surface area contributed by atoms with Crippen LogP contribution in [0.4, 0.5) is 0 Å². The van der Waals surface area contributed by atoms with Gasteiger partial charge in [0.25, 0.3) is 0 Å². The zero-order chi connectivity index (χ0) is 7.98. The quantitative estimate of drug-likeness (QED) is 0.613. The molecule has 0 saturated heterocycles. The zero-order valence-corrected chi connectivity index (χ0v) is 7.15. The minimum Gasteiger partial charge on any atom is -0.395 e. The number of hydrogen-bond donors (Lipinski definition) is 1. The zero-order valence-electron chi connectivity index (χ0n) is 6.33. The van der Waals surface area contributed by atoms with Crippen LogP contribution in [-0.4, -0.2) is 34.2 Å². The van der Waals surface area contributed by atoms with Crippen LogP contribution in [0.1, 0.15) is 13.8 Å². The highest BCUT2D eigenvalue weighted by atomic mass is 32.2. The maximum Gasteiger partial charge on any atom is 0.229 e. The van der Waals surface area contributed by atoms with E-state index in [9.17, 15) is 4.79 Å². The normalized spacial score (nSPS) is 9.50. The first-order valence-corrected chi connectivity index (χ1v) is 4.18. The van der Waals surface area contributed by atoms with E-state index in [1.807, 2.05) is 6.92 Å². The van der Waals surface area contributed by atoms with Gasteiger partial charge in [-0.1, -0.05) is 0 Å². The van der Waals surface area contributed by atoms with E-state index in [-0.39, 0.29) is 12.5 Å². The maximum absolute atomic E-state index is 10.7. The number of nitrogens with zero attached hydrogens (tertiary/aromatic N) is 1. The molecular formula is C6H13NO2S. The summed E-state index contributed by atoms with van der Waals surface area (Å²) in [5.41, 5.74) is 0. The second kappa shape index (κ2) is 5.56. The van der Waals surface area contributed by atoms with Crippen LogP contribution in [0.3, 0.4) is 0 Å². The molecule has 0 radical (unpaired) electrons. The van der Waals surface area contributed by atoms with Gasteiger partial charge in [-0.05, 0) is 18.9 Å². The first kappa shape index (κ1) is 9.78. The molecule has 10 heavy (non-hydrogen) atoms. The van der Waals surface area contributed by atoms with Gasteiger partial charge < -0.3 is 5.11 Å². The van der Waals surface area contributed by atoms with Crippen molar-refractivity contribution in [2.75, 3.05) is 18.9 Å². The average Bonchev–Trinajstić information content (AvgIpc) is 1.89. The van der Waals surface area contributed by atoms with Gasteiger partial charge in [0.1, 0.15) is 0 Å². The van der Waals surface area contributed by atoms with Gasteiger partial charge >= 0.3 is 0 Å². The van der Waals surface area contributed by atoms with Gasteiger partial charge in [-0.25, -0.2) is 0 Å². The molecule has 1 amide bonds. The minimum atomic E-state index is 0.0425. The van der Waals surface area contributed by atoms with Crippen LogP contribution in [0, 0.1) is 0 Å². The van der Waals surface area contributed by atoms with Crippen molar-refractivity contribution >= 4 is 17.9 Å². The molecule has 0 spiro atoms. The Hall–Kier alpha value is -0.220. The molecule has 0 heterocycles. The number of amides is 1. The molecule has 0 aromatic rings. The van der Waals surface area contributed by atoms with Gasteiger partial charge in [0, 0.05) is 19.2 Å². The maximum atomic E-state index is 10.7. The van der Waals surface area contributed by atoms with Crippen molar-refractivity contribution in [3.8, 4) is 0 Å². The molecule has 0 aliphatic carbocycles. The predicted octanol–water partition coefficient (Wildman–Crippen LogP) is 0.495. The second-order valence-electron chi connectivity index (χ2n) is 1.77. The third kappa shape index (κ3) is 3.74. The van der Waals surface area contributed by atoms with E-state index < -0.39 is 0 Å². The lowest BCUT2D eigenvalue weighted by Crippen LogP contribution is -2.21. The first-order valence-electron chi connectivity index (χ1n) is 3.24. The van der Waals surface area contributed by atoms with Gasteiger partial charge in [-0.2, -0.15) is 0 Å². The Balaban J connectivity index is 3.50. The molecule has 0 fully saturated rings. The number of aliphatic hydroxyl groups is 1. The molecule has 60 valence electrons. The highest BCUT2D eigenvalue weighted by Crippen LogP contribution is 2.07. The lowest BCUT2D eigenvalue weighted by atomic mass is 10.6. The number of aliphatic hydroxyl groups excluding tert-OH is 1. The molecule has 0 rings (SSSR count). The van der Waals surface area contributed by atoms with Crippen molar-refractivity contribution in [3.05, 3.63) is 0 Å². The Morgan fingerprint density at radius 2 is 2.30 bits per heavy atom. The summed E-state index contributed by atoms with van der Waals surface area (Å²) in [6, 6.07) is 0. The molecular weight excluding hydrogens is 150 g/mol. The fourth-order valence-corrected chi connectivity index (χ4v) is 1.22. The monoisotopic (exact) mass is 163 g/mol. The number of hydrogen-bond acceptors (Lipinski definition) is 3. The van der Waals surface area contributed by atoms with Crippen molar-refractivity contribution in [1.29, 1.82) is 0 Å². The van der Waals surface area contributed by atoms with Crippen LogP contribution < -0.4 is 0 Å². The molecule has 3 nitrogen and oxygen atoms in total. The Morgan fingerprint density at radius 3 is 2.60 bits per heavy atom. The van der Waals surface area contributed by atoms with E-state index >= 15 is 0 Å². The van der Waals surface area contributed by atoms with Crippen LogP contribution in [0.15, 0.2) is 0 Å². The van der Waals surface area contributed by atoms with Gasteiger partial charge in [0.15, 0.2) is 0 Å². The number of carbonyl (C=O) groups is 1. The lowest BCUT2D eigenvalue weighted by Gasteiger charge is -2.15. The summed E-state index contributed by atoms with van der Waals surface area (Å²) in [7, 11) is 0. The Labute approximate surface area is 65.5 Å². The summed E-state index contributed by atoms with van der Waals surface area (Å²) in [5.74, 6) is 0.633. The highest BCUT2D eigenvalue weighted by molar-refractivity contribution is 7.97. The Kier molecular flexibility index (Phi) is 5.43. The standard InChI is InChI=1S/C6H13NO2S/c1-3-7(6(2)9)10-5-4-8/h8H,3-5H2,1-2H3. The van der Waals surface area contributed by atoms with Crippen molar-refractivity contribution < 1.29 is 9.90 Å². The first-order chi connectivity index (χ1) is 4.72. The Morgan fingerprint density at radius 1 is 1.70 bits per heavy atom. The van der Waals surface area contributed by atoms with Crippen LogP contribution in [0.5, 0.6) is 0 Å². The second-order valence-corrected chi connectivity index (χ2v) is 2.88. The molecule has 0 aromatic heterocycles. The van der Waals surface area contributed by atoms with E-state index in [2.05, 4.69) is 0 Å². The average molecular weight is 163 g/mol. The van der Waals surface area contributed by atoms with Crippen LogP contribution in [0.25, 0.3) is 0 Å². The van der Waals surface area contributed by atoms with Gasteiger partial charge in [0.05, 0.1) is 6.61 Å². The van der Waals surface area contributed by atoms with Crippen LogP contribution >= 0.6 is 11.9 Å². The lowest BCUT2D eigenvalue weighted by molar-refractivity contribution is -0.123. The third-order valence-corrected chi connectivity index (χ3v) is 2.17. The smallest absolute Gasteiger partial charge is 0.229 e. The molecule has 1 N–H and O–H groups in total. The predicted molar refractivity (Wildman–Crippen MR) is 42.6 cm³/mol. The minimum absolute atomic E-state index is 0.0425. The van der Waals surface area contributed by atoms with Gasteiger partial charge in [0.2, 0.25) is 5.91 Å². The largest absolute Gasteiger partial charge is 0.395 e. The van der Waals surface area contributed by atoms with Crippen molar-refractivity contribution in [2.24, 2.45) is 0 Å². The van der Waals surface area contributed by atoms with E-state index in [0.29, 0.717) is 12.3 Å². The van der Waals surface area contributed by atoms with E-state index in [1.54, 1.807) is 4.31 Å². The molecule has 0 bridgehead atoms. The molecule has 0 atom stereocenters. The molecule has 0 saturated carbocycles. The van der Waals surface area contributed by atoms with Crippen molar-refractivity contribution in [3.63, 3.8) is 0 Å². The van der Waals surface area contributed by atoms with Crippen LogP contribution in [0.2, 0.25) is 0 Å². The van der Waals surface area contributed by atoms with E-state index in [0.717, 1.165) is 0 Å². The highest BCUT2D eigenvalue weighted by Gasteiger charge is 2.04. The fourth-order valence-electron chi connectivity index (χ4n) is 0.556. The summed E-state index contributed by atoms with van der Waals surface area (Å²) >= 11 is 1.36. The summed E-state index contributed by atoms with van der Waals surface area (Å²) in [4.78, 5) is 10.7. The van der Waals surface area contributed by atoms with Crippen LogP contribution in [-0.2, 0) is 4.79 Å². The molecule has 4 heteroatoms. The number of carbonyl (C=O) groups excluding carboxylic acids is 1. The van der Waals surface area contributed by atoms with Crippen molar-refractivity contribution in [2.45, 2.75) is 13.8 Å².